The number of anilines is 1. The third-order valence-electron chi connectivity index (χ3n) is 5.15. The number of hydrogen-bond acceptors (Lipinski definition) is 5. The van der Waals surface area contributed by atoms with Crippen LogP contribution in [0.15, 0.2) is 71.8 Å². The summed E-state index contributed by atoms with van der Waals surface area (Å²) >= 11 is 1.21. The summed E-state index contributed by atoms with van der Waals surface area (Å²) in [6.07, 6.45) is 1.59. The minimum atomic E-state index is -0.352. The molecular formula is C26H24FN3O2S. The van der Waals surface area contributed by atoms with Crippen LogP contribution in [0, 0.1) is 5.82 Å². The lowest BCUT2D eigenvalue weighted by atomic mass is 9.87. The van der Waals surface area contributed by atoms with E-state index in [2.05, 4.69) is 30.9 Å². The van der Waals surface area contributed by atoms with Gasteiger partial charge in [-0.05, 0) is 71.1 Å². The summed E-state index contributed by atoms with van der Waals surface area (Å²) in [4.78, 5) is 18.0. The van der Waals surface area contributed by atoms with Crippen molar-refractivity contribution in [2.45, 2.75) is 26.2 Å². The zero-order valence-corrected chi connectivity index (χ0v) is 19.7. The molecule has 0 aliphatic rings. The maximum atomic E-state index is 13.7. The number of carbonyl (C=O) groups is 1. The van der Waals surface area contributed by atoms with Crippen LogP contribution in [0.4, 0.5) is 9.52 Å². The highest BCUT2D eigenvalue weighted by Gasteiger charge is 2.22. The van der Waals surface area contributed by atoms with E-state index in [9.17, 15) is 9.18 Å². The predicted molar refractivity (Wildman–Crippen MR) is 132 cm³/mol. The van der Waals surface area contributed by atoms with E-state index in [1.807, 2.05) is 36.4 Å². The number of hydrogen-bond donors (Lipinski definition) is 0. The zero-order chi connectivity index (χ0) is 23.6. The predicted octanol–water partition coefficient (Wildman–Crippen LogP) is 6.42. The fourth-order valence-electron chi connectivity index (χ4n) is 3.22. The topological polar surface area (TPSA) is 54.8 Å². The quantitative estimate of drug-likeness (QED) is 0.254. The van der Waals surface area contributed by atoms with E-state index in [1.165, 1.54) is 28.5 Å². The molecule has 0 fully saturated rings. The molecule has 4 rings (SSSR count). The van der Waals surface area contributed by atoms with Crippen LogP contribution in [0.1, 0.15) is 42.3 Å². The second kappa shape index (κ2) is 9.11. The Morgan fingerprint density at radius 1 is 1.06 bits per heavy atom. The van der Waals surface area contributed by atoms with E-state index in [-0.39, 0.29) is 17.1 Å². The standard InChI is InChI=1S/C26H24FN3O2S/c1-26(2,3)19-9-7-18(8-10-19)24(31)30(28-16-17-5-12-21(32-4)13-6-17)25-29-22-14-11-20(27)15-23(22)33-25/h5-16H,1-4H3/b28-16+. The summed E-state index contributed by atoms with van der Waals surface area (Å²) in [6, 6.07) is 19.2. The molecule has 3 aromatic carbocycles. The molecule has 0 radical (unpaired) electrons. The van der Waals surface area contributed by atoms with Crippen molar-refractivity contribution in [2.24, 2.45) is 5.10 Å². The summed E-state index contributed by atoms with van der Waals surface area (Å²) in [7, 11) is 1.60. The van der Waals surface area contributed by atoms with Gasteiger partial charge in [-0.15, -0.1) is 0 Å². The van der Waals surface area contributed by atoms with Gasteiger partial charge in [0.1, 0.15) is 11.6 Å². The SMILES string of the molecule is COc1ccc(/C=N/N(C(=O)c2ccc(C(C)(C)C)cc2)c2nc3ccc(F)cc3s2)cc1. The first-order valence-corrected chi connectivity index (χ1v) is 11.3. The number of amides is 1. The molecule has 5 nitrogen and oxygen atoms in total. The molecule has 7 heteroatoms. The van der Waals surface area contributed by atoms with Gasteiger partial charge >= 0.3 is 0 Å². The summed E-state index contributed by atoms with van der Waals surface area (Å²) in [5, 5.41) is 6.09. The number of fused-ring (bicyclic) bond motifs is 1. The molecule has 0 aliphatic carbocycles. The molecule has 33 heavy (non-hydrogen) atoms. The molecule has 168 valence electrons. The molecule has 0 spiro atoms. The normalized spacial score (nSPS) is 11.8. The molecule has 0 saturated heterocycles. The van der Waals surface area contributed by atoms with Crippen LogP contribution >= 0.6 is 11.3 Å². The molecule has 4 aromatic rings. The second-order valence-corrected chi connectivity index (χ2v) is 9.58. The Labute approximate surface area is 196 Å². The van der Waals surface area contributed by atoms with E-state index in [0.717, 1.165) is 16.9 Å². The van der Waals surface area contributed by atoms with Gasteiger partial charge in [-0.3, -0.25) is 4.79 Å². The smallest absolute Gasteiger partial charge is 0.280 e. The Morgan fingerprint density at radius 3 is 2.39 bits per heavy atom. The van der Waals surface area contributed by atoms with Crippen molar-refractivity contribution < 1.29 is 13.9 Å². The number of carbonyl (C=O) groups excluding carboxylic acids is 1. The summed E-state index contributed by atoms with van der Waals surface area (Å²) in [5.74, 6) is 0.0575. The van der Waals surface area contributed by atoms with Gasteiger partial charge in [0.15, 0.2) is 0 Å². The van der Waals surface area contributed by atoms with Gasteiger partial charge in [-0.1, -0.05) is 44.2 Å². The number of halogens is 1. The first-order valence-electron chi connectivity index (χ1n) is 10.4. The van der Waals surface area contributed by atoms with Gasteiger partial charge in [0, 0.05) is 5.56 Å². The highest BCUT2D eigenvalue weighted by Crippen LogP contribution is 2.31. The average Bonchev–Trinajstić information content (AvgIpc) is 3.21. The van der Waals surface area contributed by atoms with Crippen LogP contribution in [0.25, 0.3) is 10.2 Å². The number of thiazole rings is 1. The molecule has 0 N–H and O–H groups in total. The number of hydrazone groups is 1. The van der Waals surface area contributed by atoms with E-state index in [1.54, 1.807) is 31.5 Å². The zero-order valence-electron chi connectivity index (χ0n) is 18.9. The van der Waals surface area contributed by atoms with Crippen molar-refractivity contribution in [3.05, 3.63) is 89.2 Å². The number of rotatable bonds is 5. The van der Waals surface area contributed by atoms with Gasteiger partial charge in [-0.25, -0.2) is 9.37 Å². The molecule has 0 aliphatic heterocycles. The maximum absolute atomic E-state index is 13.7. The summed E-state index contributed by atoms with van der Waals surface area (Å²) in [6.45, 7) is 6.36. The van der Waals surface area contributed by atoms with Crippen LogP contribution in [0.2, 0.25) is 0 Å². The Kier molecular flexibility index (Phi) is 6.24. The average molecular weight is 462 g/mol. The van der Waals surface area contributed by atoms with Gasteiger partial charge < -0.3 is 4.74 Å². The molecular weight excluding hydrogens is 437 g/mol. The van der Waals surface area contributed by atoms with Crippen molar-refractivity contribution in [1.29, 1.82) is 0 Å². The number of benzene rings is 3. The summed E-state index contributed by atoms with van der Waals surface area (Å²) in [5.41, 5.74) is 2.99. The number of ether oxygens (including phenoxy) is 1. The van der Waals surface area contributed by atoms with Crippen LogP contribution in [-0.2, 0) is 5.41 Å². The maximum Gasteiger partial charge on any atom is 0.280 e. The molecule has 0 saturated carbocycles. The van der Waals surface area contributed by atoms with Crippen molar-refractivity contribution in [3.63, 3.8) is 0 Å². The Morgan fingerprint density at radius 2 is 1.76 bits per heavy atom. The van der Waals surface area contributed by atoms with Gasteiger partial charge in [0.05, 0.1) is 23.5 Å². The summed E-state index contributed by atoms with van der Waals surface area (Å²) < 4.78 is 19.5. The van der Waals surface area contributed by atoms with Gasteiger partial charge in [0.2, 0.25) is 5.13 Å². The van der Waals surface area contributed by atoms with E-state index in [4.69, 9.17) is 4.74 Å². The van der Waals surface area contributed by atoms with Gasteiger partial charge in [-0.2, -0.15) is 10.1 Å². The lowest BCUT2D eigenvalue weighted by Gasteiger charge is -2.19. The van der Waals surface area contributed by atoms with Crippen molar-refractivity contribution in [2.75, 3.05) is 12.1 Å². The van der Waals surface area contributed by atoms with Crippen molar-refractivity contribution >= 4 is 38.8 Å². The monoisotopic (exact) mass is 461 g/mol. The third kappa shape index (κ3) is 5.09. The molecule has 0 unspecified atom stereocenters. The third-order valence-corrected chi connectivity index (χ3v) is 6.14. The van der Waals surface area contributed by atoms with E-state index >= 15 is 0 Å². The Hall–Kier alpha value is -3.58. The first kappa shape index (κ1) is 22.6. The number of methoxy groups -OCH3 is 1. The van der Waals surface area contributed by atoms with Crippen LogP contribution < -0.4 is 9.75 Å². The van der Waals surface area contributed by atoms with Crippen LogP contribution in [0.5, 0.6) is 5.75 Å². The molecule has 0 bridgehead atoms. The van der Waals surface area contributed by atoms with Crippen molar-refractivity contribution in [3.8, 4) is 5.75 Å². The molecule has 1 amide bonds. The van der Waals surface area contributed by atoms with E-state index in [0.29, 0.717) is 20.9 Å². The number of aromatic nitrogens is 1. The van der Waals surface area contributed by atoms with Crippen LogP contribution in [0.3, 0.4) is 0 Å². The fraction of sp³-hybridized carbons (Fsp3) is 0.192. The lowest BCUT2D eigenvalue weighted by molar-refractivity contribution is 0.0988. The molecule has 0 atom stereocenters. The van der Waals surface area contributed by atoms with Gasteiger partial charge in [0.25, 0.3) is 5.91 Å². The van der Waals surface area contributed by atoms with E-state index < -0.39 is 0 Å². The minimum absolute atomic E-state index is 0.0229. The first-order chi connectivity index (χ1) is 15.7. The molecule has 1 aromatic heterocycles. The Balaban J connectivity index is 1.72. The Bertz CT molecular complexity index is 1310. The lowest BCUT2D eigenvalue weighted by Crippen LogP contribution is -2.25. The number of nitrogens with zero attached hydrogens (tertiary/aromatic N) is 3. The fourth-order valence-corrected chi connectivity index (χ4v) is 4.16. The van der Waals surface area contributed by atoms with Crippen LogP contribution in [-0.4, -0.2) is 24.2 Å². The highest BCUT2D eigenvalue weighted by atomic mass is 32.1. The second-order valence-electron chi connectivity index (χ2n) is 8.57. The highest BCUT2D eigenvalue weighted by molar-refractivity contribution is 7.22. The largest absolute Gasteiger partial charge is 0.497 e. The molecule has 1 heterocycles. The minimum Gasteiger partial charge on any atom is -0.497 e. The van der Waals surface area contributed by atoms with Crippen molar-refractivity contribution in [1.82, 2.24) is 4.98 Å².